The minimum atomic E-state index is -3.23. The highest BCUT2D eigenvalue weighted by Gasteiger charge is 2.25. The van der Waals surface area contributed by atoms with Gasteiger partial charge < -0.3 is 35.0 Å². The van der Waals surface area contributed by atoms with Crippen molar-refractivity contribution in [2.75, 3.05) is 52.9 Å². The van der Waals surface area contributed by atoms with E-state index in [9.17, 15) is 18.0 Å². The molecule has 2 aliphatic heterocycles. The van der Waals surface area contributed by atoms with Crippen LogP contribution in [0.1, 0.15) is 46.7 Å². The van der Waals surface area contributed by atoms with Crippen LogP contribution in [0, 0.1) is 0 Å². The Hall–Kier alpha value is -5.51. The quantitative estimate of drug-likeness (QED) is 0.0795. The standard InChI is InChI=1S/C22H22N6O4S4.C21H20N6O2S3/c1-36(30,31)27-14-8-10-28(11-9-14)17-6-3-2-5-15(17)23-19(29)16-13-34-22(24-16)35-21-26-25-20(32-21)18-7-4-12-33-18;22-13-7-9-27(10-8-13)16-5-2-1-4-14(16)23-18(28)15-12-31-21(24-15)32-20-26-25-19(29-20)17-6-3-11-30-17/h2-7,12-14,27H,8-11H2,1H3,(H,23,29);1-6,11-13H,7-10,22H2,(H,23,28). The Kier molecular flexibility index (Phi) is 15.3. The first-order chi connectivity index (χ1) is 33.0. The maximum absolute atomic E-state index is 13.0. The van der Waals surface area contributed by atoms with Crippen molar-refractivity contribution in [3.05, 3.63) is 106 Å². The fourth-order valence-corrected chi connectivity index (χ4v) is 12.5. The first-order valence-electron chi connectivity index (χ1n) is 21.0. The average Bonchev–Trinajstić information content (AvgIpc) is 4.20. The van der Waals surface area contributed by atoms with Gasteiger partial charge in [0.1, 0.15) is 11.4 Å². The first-order valence-corrected chi connectivity index (χ1v) is 28.1. The van der Waals surface area contributed by atoms with Gasteiger partial charge >= 0.3 is 0 Å². The summed E-state index contributed by atoms with van der Waals surface area (Å²) in [6.07, 6.45) is 4.44. The molecule has 10 rings (SSSR count). The summed E-state index contributed by atoms with van der Waals surface area (Å²) in [5.41, 5.74) is 10.0. The Morgan fingerprint density at radius 1 is 0.647 bits per heavy atom. The number of hydrogen-bond acceptors (Lipinski definition) is 21. The zero-order valence-electron chi connectivity index (χ0n) is 36.0. The Balaban J connectivity index is 0.000000171. The molecule has 0 bridgehead atoms. The highest BCUT2D eigenvalue weighted by Crippen LogP contribution is 2.36. The Morgan fingerprint density at radius 2 is 1.10 bits per heavy atom. The number of nitrogens with zero attached hydrogens (tertiary/aromatic N) is 8. The van der Waals surface area contributed by atoms with Crippen molar-refractivity contribution in [1.29, 1.82) is 0 Å². The van der Waals surface area contributed by atoms with Crippen molar-refractivity contribution < 1.29 is 26.8 Å². The molecule has 25 heteroatoms. The Labute approximate surface area is 415 Å². The molecule has 18 nitrogen and oxygen atoms in total. The fraction of sp³-hybridized carbons (Fsp3) is 0.256. The third-order valence-corrected chi connectivity index (χ3v) is 16.5. The molecule has 2 saturated heterocycles. The number of rotatable bonds is 14. The van der Waals surface area contributed by atoms with Crippen molar-refractivity contribution in [1.82, 2.24) is 35.1 Å². The van der Waals surface area contributed by atoms with Crippen LogP contribution in [0.3, 0.4) is 0 Å². The van der Waals surface area contributed by atoms with Gasteiger partial charge in [-0.05, 0) is 72.8 Å². The van der Waals surface area contributed by atoms with Gasteiger partial charge in [0.2, 0.25) is 10.0 Å². The minimum Gasteiger partial charge on any atom is -0.410 e. The number of sulfonamides is 1. The maximum Gasteiger partial charge on any atom is 0.284 e. The molecule has 0 atom stereocenters. The van der Waals surface area contributed by atoms with Crippen molar-refractivity contribution in [2.24, 2.45) is 5.73 Å². The van der Waals surface area contributed by atoms with Crippen molar-refractivity contribution in [2.45, 2.75) is 56.9 Å². The van der Waals surface area contributed by atoms with Gasteiger partial charge in [0.05, 0.1) is 38.8 Å². The zero-order valence-corrected chi connectivity index (χ0v) is 41.7. The number of piperidine rings is 2. The molecule has 0 radical (unpaired) electrons. The number of nitrogens with one attached hydrogen (secondary N) is 3. The number of anilines is 4. The van der Waals surface area contributed by atoms with Crippen LogP contribution < -0.4 is 30.9 Å². The molecular weight excluding hydrogens is 1010 g/mol. The molecule has 8 heterocycles. The zero-order chi connectivity index (χ0) is 47.0. The molecule has 0 saturated carbocycles. The molecule has 352 valence electrons. The lowest BCUT2D eigenvalue weighted by atomic mass is 10.0. The second-order valence-electron chi connectivity index (χ2n) is 15.3. The monoisotopic (exact) mass is 1050 g/mol. The summed E-state index contributed by atoms with van der Waals surface area (Å²) in [4.78, 5) is 40.9. The molecule has 0 unspecified atom stereocenters. The number of thiazole rings is 2. The van der Waals surface area contributed by atoms with E-state index >= 15 is 0 Å². The van der Waals surface area contributed by atoms with Gasteiger partial charge in [0.25, 0.3) is 34.0 Å². The first kappa shape index (κ1) is 47.6. The molecule has 0 aliphatic carbocycles. The van der Waals surface area contributed by atoms with Gasteiger partial charge in [-0.15, -0.1) is 65.7 Å². The van der Waals surface area contributed by atoms with E-state index < -0.39 is 10.0 Å². The summed E-state index contributed by atoms with van der Waals surface area (Å²) in [5.74, 6) is 0.366. The van der Waals surface area contributed by atoms with E-state index in [4.69, 9.17) is 14.6 Å². The topological polar surface area (TPSA) is 240 Å². The lowest BCUT2D eigenvalue weighted by molar-refractivity contribution is 0.101. The van der Waals surface area contributed by atoms with E-state index in [1.165, 1.54) is 75.1 Å². The van der Waals surface area contributed by atoms with Gasteiger partial charge in [0, 0.05) is 72.5 Å². The van der Waals surface area contributed by atoms with Crippen LogP contribution in [0.2, 0.25) is 0 Å². The molecule has 2 aromatic carbocycles. The van der Waals surface area contributed by atoms with Crippen LogP contribution in [0.25, 0.3) is 21.5 Å². The van der Waals surface area contributed by atoms with E-state index in [1.807, 2.05) is 83.6 Å². The minimum absolute atomic E-state index is 0.0795. The predicted molar refractivity (Wildman–Crippen MR) is 269 cm³/mol. The number of para-hydroxylation sites is 4. The third kappa shape index (κ3) is 12.4. The smallest absolute Gasteiger partial charge is 0.284 e. The number of nitrogens with two attached hydrogens (primary N) is 1. The van der Waals surface area contributed by atoms with Crippen LogP contribution in [0.15, 0.2) is 122 Å². The van der Waals surface area contributed by atoms with E-state index in [1.54, 1.807) is 10.8 Å². The number of amides is 2. The van der Waals surface area contributed by atoms with Crippen molar-refractivity contribution in [3.8, 4) is 21.5 Å². The summed E-state index contributed by atoms with van der Waals surface area (Å²) in [6, 6.07) is 23.2. The molecular formula is C43H42N12O6S7. The van der Waals surface area contributed by atoms with Crippen LogP contribution in [-0.2, 0) is 10.0 Å². The number of aromatic nitrogens is 6. The molecule has 8 aromatic rings. The summed E-state index contributed by atoms with van der Waals surface area (Å²) in [6.45, 7) is 3.11. The van der Waals surface area contributed by atoms with Gasteiger partial charge in [0.15, 0.2) is 8.68 Å². The molecule has 2 amide bonds. The third-order valence-electron chi connectivity index (χ3n) is 10.5. The lowest BCUT2D eigenvalue weighted by Gasteiger charge is -2.34. The van der Waals surface area contributed by atoms with E-state index in [0.29, 0.717) is 73.9 Å². The molecule has 5 N–H and O–H groups in total. The predicted octanol–water partition coefficient (Wildman–Crippen LogP) is 8.76. The summed E-state index contributed by atoms with van der Waals surface area (Å²) in [5, 5.41) is 30.3. The summed E-state index contributed by atoms with van der Waals surface area (Å²) < 4.78 is 38.4. The number of benzene rings is 2. The average molecular weight is 1050 g/mol. The number of carbonyl (C=O) groups is 2. The number of thiophene rings is 2. The molecule has 6 aromatic heterocycles. The summed E-state index contributed by atoms with van der Waals surface area (Å²) in [7, 11) is -3.23. The molecule has 0 spiro atoms. The van der Waals surface area contributed by atoms with Crippen molar-refractivity contribution >= 4 is 113 Å². The molecule has 2 aliphatic rings. The highest BCUT2D eigenvalue weighted by molar-refractivity contribution is 8.01. The van der Waals surface area contributed by atoms with E-state index in [2.05, 4.69) is 55.5 Å². The highest BCUT2D eigenvalue weighted by atomic mass is 32.2. The Bertz CT molecular complexity index is 3050. The second-order valence-corrected chi connectivity index (χ2v) is 23.1. The Morgan fingerprint density at radius 3 is 1.54 bits per heavy atom. The lowest BCUT2D eigenvalue weighted by Crippen LogP contribution is -2.44. The van der Waals surface area contributed by atoms with Gasteiger partial charge in [-0.25, -0.2) is 23.1 Å². The van der Waals surface area contributed by atoms with Gasteiger partial charge in [-0.2, -0.15) is 0 Å². The van der Waals surface area contributed by atoms with E-state index in [0.717, 1.165) is 52.7 Å². The summed E-state index contributed by atoms with van der Waals surface area (Å²) >= 11 is 8.20. The van der Waals surface area contributed by atoms with E-state index in [-0.39, 0.29) is 23.9 Å². The number of hydrogen-bond donors (Lipinski definition) is 4. The van der Waals surface area contributed by atoms with Crippen LogP contribution >= 0.6 is 68.9 Å². The fourth-order valence-electron chi connectivity index (χ4n) is 7.23. The van der Waals surface area contributed by atoms with Crippen LogP contribution in [-0.4, -0.2) is 95.1 Å². The van der Waals surface area contributed by atoms with Crippen LogP contribution in [0.5, 0.6) is 0 Å². The molecule has 68 heavy (non-hydrogen) atoms. The normalized spacial score (nSPS) is 14.7. The SMILES string of the molecule is CS(=O)(=O)NC1CCN(c2ccccc2NC(=O)c2csc(Sc3nnc(-c4cccs4)o3)n2)CC1.NC1CCN(c2ccccc2NC(=O)c2csc(Sc3nnc(-c4cccs4)o3)n2)CC1. The van der Waals surface area contributed by atoms with Crippen molar-refractivity contribution in [3.63, 3.8) is 0 Å². The number of carbonyl (C=O) groups excluding carboxylic acids is 2. The largest absolute Gasteiger partial charge is 0.410 e. The second kappa shape index (κ2) is 21.8. The molecule has 2 fully saturated rings. The van der Waals surface area contributed by atoms with Gasteiger partial charge in [-0.1, -0.05) is 36.4 Å². The maximum atomic E-state index is 13.0. The van der Waals surface area contributed by atoms with Crippen LogP contribution in [0.4, 0.5) is 22.7 Å². The van der Waals surface area contributed by atoms with Gasteiger partial charge in [-0.3, -0.25) is 9.59 Å².